The minimum Gasteiger partial charge on any atom is -0.496 e. The molecule has 0 amide bonds. The number of halogens is 1. The second-order valence-electron chi connectivity index (χ2n) is 4.07. The molecule has 0 spiro atoms. The van der Waals surface area contributed by atoms with Crippen LogP contribution in [0.2, 0.25) is 5.02 Å². The fourth-order valence-electron chi connectivity index (χ4n) is 1.90. The Labute approximate surface area is 127 Å². The fraction of sp³-hybridized carbons (Fsp3) is 0.286. The molecule has 1 heterocycles. The zero-order valence-corrected chi connectivity index (χ0v) is 12.6. The topological polar surface area (TPSA) is 73.7 Å². The highest BCUT2D eigenvalue weighted by Crippen LogP contribution is 2.37. The van der Waals surface area contributed by atoms with Crippen molar-refractivity contribution in [1.82, 2.24) is 9.97 Å². The smallest absolute Gasteiger partial charge is 0.241 e. The van der Waals surface area contributed by atoms with Crippen molar-refractivity contribution >= 4 is 11.6 Å². The molecule has 6 nitrogen and oxygen atoms in total. The van der Waals surface area contributed by atoms with Gasteiger partial charge in [-0.05, 0) is 12.1 Å². The van der Waals surface area contributed by atoms with E-state index in [1.807, 2.05) is 0 Å². The summed E-state index contributed by atoms with van der Waals surface area (Å²) in [6.45, 7) is 0. The van der Waals surface area contributed by atoms with Crippen LogP contribution in [0.1, 0.15) is 17.4 Å². The molecule has 0 saturated heterocycles. The maximum atomic E-state index is 10.6. The van der Waals surface area contributed by atoms with Gasteiger partial charge in [-0.25, -0.2) is 4.98 Å². The molecule has 2 aromatic rings. The molecular weight excluding hydrogens is 296 g/mol. The monoisotopic (exact) mass is 310 g/mol. The predicted octanol–water partition coefficient (Wildman–Crippen LogP) is 2.24. The normalized spacial score (nSPS) is 11.9. The Morgan fingerprint density at radius 2 is 1.90 bits per heavy atom. The van der Waals surface area contributed by atoms with Crippen LogP contribution in [0.5, 0.6) is 17.5 Å². The maximum Gasteiger partial charge on any atom is 0.241 e. The fourth-order valence-corrected chi connectivity index (χ4v) is 2.17. The first-order chi connectivity index (χ1) is 10.1. The standard InChI is InChI=1S/C14H15ClN2O4/c1-19-9-6-4-5-8(15)11(9)13(18)12-14(21-3)17-10(20-2)7-16-12/h4-7,13,18H,1-3H3. The van der Waals surface area contributed by atoms with Gasteiger partial charge in [0.05, 0.1) is 32.5 Å². The number of ether oxygens (including phenoxy) is 3. The van der Waals surface area contributed by atoms with Crippen molar-refractivity contribution < 1.29 is 19.3 Å². The lowest BCUT2D eigenvalue weighted by atomic mass is 10.1. The summed E-state index contributed by atoms with van der Waals surface area (Å²) >= 11 is 6.15. The molecule has 0 aliphatic carbocycles. The van der Waals surface area contributed by atoms with Crippen LogP contribution in [0.3, 0.4) is 0 Å². The van der Waals surface area contributed by atoms with Gasteiger partial charge < -0.3 is 19.3 Å². The lowest BCUT2D eigenvalue weighted by molar-refractivity contribution is 0.202. The van der Waals surface area contributed by atoms with E-state index in [2.05, 4.69) is 9.97 Å². The predicted molar refractivity (Wildman–Crippen MR) is 77.2 cm³/mol. The molecule has 112 valence electrons. The molecule has 0 aliphatic heterocycles. The van der Waals surface area contributed by atoms with E-state index in [4.69, 9.17) is 25.8 Å². The number of aliphatic hydroxyl groups excluding tert-OH is 1. The van der Waals surface area contributed by atoms with Crippen LogP contribution in [-0.4, -0.2) is 36.4 Å². The number of benzene rings is 1. The van der Waals surface area contributed by atoms with Gasteiger partial charge in [0.2, 0.25) is 11.8 Å². The van der Waals surface area contributed by atoms with Gasteiger partial charge in [0, 0.05) is 5.56 Å². The average molecular weight is 311 g/mol. The number of hydrogen-bond acceptors (Lipinski definition) is 6. The quantitative estimate of drug-likeness (QED) is 0.913. The van der Waals surface area contributed by atoms with Gasteiger partial charge in [-0.2, -0.15) is 4.98 Å². The molecule has 21 heavy (non-hydrogen) atoms. The summed E-state index contributed by atoms with van der Waals surface area (Å²) < 4.78 is 15.4. The number of methoxy groups -OCH3 is 3. The van der Waals surface area contributed by atoms with Crippen LogP contribution in [0.15, 0.2) is 24.4 Å². The Morgan fingerprint density at radius 3 is 2.52 bits per heavy atom. The minimum absolute atomic E-state index is 0.156. The van der Waals surface area contributed by atoms with Gasteiger partial charge in [-0.1, -0.05) is 17.7 Å². The largest absolute Gasteiger partial charge is 0.496 e. The van der Waals surface area contributed by atoms with E-state index in [9.17, 15) is 5.11 Å². The number of rotatable bonds is 5. The maximum absolute atomic E-state index is 10.6. The third-order valence-electron chi connectivity index (χ3n) is 2.91. The van der Waals surface area contributed by atoms with Gasteiger partial charge >= 0.3 is 0 Å². The molecule has 1 aromatic heterocycles. The molecule has 1 N–H and O–H groups in total. The highest BCUT2D eigenvalue weighted by Gasteiger charge is 2.24. The molecule has 0 radical (unpaired) electrons. The van der Waals surface area contributed by atoms with Crippen molar-refractivity contribution in [2.45, 2.75) is 6.10 Å². The van der Waals surface area contributed by atoms with Crippen molar-refractivity contribution in [3.63, 3.8) is 0 Å². The third kappa shape index (κ3) is 3.01. The van der Waals surface area contributed by atoms with Gasteiger partial charge in [0.15, 0.2) is 0 Å². The van der Waals surface area contributed by atoms with E-state index in [0.29, 0.717) is 16.3 Å². The summed E-state index contributed by atoms with van der Waals surface area (Å²) in [4.78, 5) is 8.23. The van der Waals surface area contributed by atoms with Crippen LogP contribution in [0.4, 0.5) is 0 Å². The van der Waals surface area contributed by atoms with E-state index in [1.54, 1.807) is 18.2 Å². The summed E-state index contributed by atoms with van der Waals surface area (Å²) in [7, 11) is 4.40. The van der Waals surface area contributed by atoms with Crippen LogP contribution in [0, 0.1) is 0 Å². The molecule has 1 atom stereocenters. The summed E-state index contributed by atoms with van der Waals surface area (Å²) in [5.41, 5.74) is 0.629. The first-order valence-electron chi connectivity index (χ1n) is 6.07. The number of aliphatic hydroxyl groups is 1. The Kier molecular flexibility index (Phi) is 4.82. The Hall–Kier alpha value is -2.05. The second kappa shape index (κ2) is 6.60. The number of hydrogen-bond donors (Lipinski definition) is 1. The van der Waals surface area contributed by atoms with Crippen LogP contribution in [0.25, 0.3) is 0 Å². The van der Waals surface area contributed by atoms with Crippen LogP contribution >= 0.6 is 11.6 Å². The molecular formula is C14H15ClN2O4. The highest BCUT2D eigenvalue weighted by atomic mass is 35.5. The Morgan fingerprint density at radius 1 is 1.14 bits per heavy atom. The minimum atomic E-state index is -1.14. The first-order valence-corrected chi connectivity index (χ1v) is 6.45. The molecule has 1 unspecified atom stereocenters. The number of aromatic nitrogens is 2. The molecule has 0 aliphatic rings. The van der Waals surface area contributed by atoms with Gasteiger partial charge in [-0.3, -0.25) is 0 Å². The van der Waals surface area contributed by atoms with E-state index < -0.39 is 6.10 Å². The lowest BCUT2D eigenvalue weighted by Crippen LogP contribution is -2.09. The van der Waals surface area contributed by atoms with Gasteiger partial charge in [0.25, 0.3) is 0 Å². The van der Waals surface area contributed by atoms with E-state index in [1.165, 1.54) is 27.5 Å². The second-order valence-corrected chi connectivity index (χ2v) is 4.47. The third-order valence-corrected chi connectivity index (χ3v) is 3.24. The SMILES string of the molecule is COc1cnc(C(O)c2c(Cl)cccc2OC)c(OC)n1. The van der Waals surface area contributed by atoms with Gasteiger partial charge in [-0.15, -0.1) is 0 Å². The van der Waals surface area contributed by atoms with Crippen molar-refractivity contribution in [1.29, 1.82) is 0 Å². The van der Waals surface area contributed by atoms with E-state index >= 15 is 0 Å². The van der Waals surface area contributed by atoms with Crippen molar-refractivity contribution in [3.8, 4) is 17.5 Å². The summed E-state index contributed by atoms with van der Waals surface area (Å²) in [5.74, 6) is 0.896. The van der Waals surface area contributed by atoms with E-state index in [0.717, 1.165) is 0 Å². The molecule has 0 bridgehead atoms. The van der Waals surface area contributed by atoms with E-state index in [-0.39, 0.29) is 17.5 Å². The van der Waals surface area contributed by atoms with Crippen molar-refractivity contribution in [3.05, 3.63) is 40.7 Å². The van der Waals surface area contributed by atoms with Gasteiger partial charge in [0.1, 0.15) is 17.5 Å². The molecule has 1 aromatic carbocycles. The highest BCUT2D eigenvalue weighted by molar-refractivity contribution is 6.31. The summed E-state index contributed by atoms with van der Waals surface area (Å²) in [5, 5.41) is 10.9. The molecule has 7 heteroatoms. The Bertz CT molecular complexity index is 636. The number of nitrogens with zero attached hydrogens (tertiary/aromatic N) is 2. The zero-order valence-electron chi connectivity index (χ0n) is 11.8. The van der Waals surface area contributed by atoms with Crippen LogP contribution in [-0.2, 0) is 0 Å². The van der Waals surface area contributed by atoms with Crippen molar-refractivity contribution in [2.75, 3.05) is 21.3 Å². The van der Waals surface area contributed by atoms with Crippen molar-refractivity contribution in [2.24, 2.45) is 0 Å². The van der Waals surface area contributed by atoms with Crippen LogP contribution < -0.4 is 14.2 Å². The Balaban J connectivity index is 2.52. The average Bonchev–Trinajstić information content (AvgIpc) is 2.53. The molecule has 0 fully saturated rings. The summed E-state index contributed by atoms with van der Waals surface area (Å²) in [6, 6.07) is 5.09. The zero-order chi connectivity index (χ0) is 15.4. The first kappa shape index (κ1) is 15.3. The molecule has 2 rings (SSSR count). The lowest BCUT2D eigenvalue weighted by Gasteiger charge is -2.17. The molecule has 0 saturated carbocycles. The summed E-state index contributed by atoms with van der Waals surface area (Å²) in [6.07, 6.45) is 0.256.